The van der Waals surface area contributed by atoms with Gasteiger partial charge in [0.05, 0.1) is 11.7 Å². The molecular formula is C11H14F2O3. The van der Waals surface area contributed by atoms with Gasteiger partial charge >= 0.3 is 0 Å². The van der Waals surface area contributed by atoms with E-state index in [1.54, 1.807) is 0 Å². The molecule has 0 amide bonds. The molecule has 0 aliphatic carbocycles. The van der Waals surface area contributed by atoms with E-state index in [9.17, 15) is 13.9 Å². The quantitative estimate of drug-likeness (QED) is 0.789. The van der Waals surface area contributed by atoms with Crippen LogP contribution in [0.25, 0.3) is 0 Å². The van der Waals surface area contributed by atoms with E-state index < -0.39 is 23.8 Å². The lowest BCUT2D eigenvalue weighted by atomic mass is 10.0. The molecule has 1 N–H and O–H groups in total. The molecule has 3 nitrogen and oxygen atoms in total. The molecule has 2 atom stereocenters. The van der Waals surface area contributed by atoms with Crippen LogP contribution in [0.15, 0.2) is 18.2 Å². The molecule has 1 aromatic carbocycles. The Labute approximate surface area is 92.6 Å². The van der Waals surface area contributed by atoms with Crippen LogP contribution in [0, 0.1) is 11.6 Å². The Bertz CT molecular complexity index is 322. The average molecular weight is 232 g/mol. The Balaban J connectivity index is 3.00. The van der Waals surface area contributed by atoms with Crippen molar-refractivity contribution in [2.45, 2.75) is 19.1 Å². The van der Waals surface area contributed by atoms with E-state index in [1.165, 1.54) is 20.1 Å². The van der Waals surface area contributed by atoms with Crippen LogP contribution in [0.5, 0.6) is 0 Å². The van der Waals surface area contributed by atoms with Crippen molar-refractivity contribution in [1.29, 1.82) is 0 Å². The summed E-state index contributed by atoms with van der Waals surface area (Å²) in [6.45, 7) is 1.25. The van der Waals surface area contributed by atoms with E-state index in [4.69, 9.17) is 4.74 Å². The molecule has 0 aliphatic rings. The Kier molecular flexibility index (Phi) is 4.79. The van der Waals surface area contributed by atoms with Gasteiger partial charge in [-0.1, -0.05) is 6.07 Å². The minimum atomic E-state index is -1.08. The molecule has 90 valence electrons. The molecule has 1 aromatic rings. The molecule has 0 bridgehead atoms. The smallest absolute Gasteiger partial charge is 0.147 e. The third-order valence-electron chi connectivity index (χ3n) is 2.09. The van der Waals surface area contributed by atoms with Crippen molar-refractivity contribution in [3.8, 4) is 0 Å². The number of halogens is 2. The van der Waals surface area contributed by atoms with Crippen LogP contribution in [0.1, 0.15) is 18.6 Å². The molecule has 0 unspecified atom stereocenters. The van der Waals surface area contributed by atoms with E-state index >= 15 is 0 Å². The maximum Gasteiger partial charge on any atom is 0.147 e. The third kappa shape index (κ3) is 2.98. The summed E-state index contributed by atoms with van der Waals surface area (Å²) in [5.41, 5.74) is -0.283. The lowest BCUT2D eigenvalue weighted by Gasteiger charge is -2.21. The van der Waals surface area contributed by atoms with Gasteiger partial charge < -0.3 is 14.6 Å². The first-order chi connectivity index (χ1) is 7.57. The first-order valence-corrected chi connectivity index (χ1v) is 4.80. The lowest BCUT2D eigenvalue weighted by Crippen LogP contribution is -2.21. The molecule has 16 heavy (non-hydrogen) atoms. The molecule has 0 fully saturated rings. The van der Waals surface area contributed by atoms with E-state index in [0.29, 0.717) is 0 Å². The predicted octanol–water partition coefficient (Wildman–Crippen LogP) is 2.01. The van der Waals surface area contributed by atoms with Gasteiger partial charge in [0, 0.05) is 7.11 Å². The molecular weight excluding hydrogens is 218 g/mol. The zero-order valence-electron chi connectivity index (χ0n) is 9.11. The number of hydrogen-bond acceptors (Lipinski definition) is 3. The van der Waals surface area contributed by atoms with Crippen molar-refractivity contribution in [2.75, 3.05) is 13.9 Å². The van der Waals surface area contributed by atoms with Gasteiger partial charge in [-0.05, 0) is 19.1 Å². The zero-order valence-corrected chi connectivity index (χ0v) is 9.11. The molecule has 0 radical (unpaired) electrons. The fourth-order valence-electron chi connectivity index (χ4n) is 1.39. The number of aliphatic hydroxyl groups excluding tert-OH is 1. The van der Waals surface area contributed by atoms with Crippen LogP contribution in [-0.2, 0) is 9.47 Å². The van der Waals surface area contributed by atoms with Crippen molar-refractivity contribution in [1.82, 2.24) is 0 Å². The number of benzene rings is 1. The average Bonchev–Trinajstić information content (AvgIpc) is 2.21. The molecule has 0 aromatic heterocycles. The van der Waals surface area contributed by atoms with Crippen molar-refractivity contribution in [3.05, 3.63) is 35.4 Å². The summed E-state index contributed by atoms with van der Waals surface area (Å²) in [6, 6.07) is 3.48. The monoisotopic (exact) mass is 232 g/mol. The normalized spacial score (nSPS) is 14.8. The second kappa shape index (κ2) is 5.89. The van der Waals surface area contributed by atoms with Gasteiger partial charge in [0.2, 0.25) is 0 Å². The summed E-state index contributed by atoms with van der Waals surface area (Å²) < 4.78 is 36.5. The first kappa shape index (κ1) is 13.0. The van der Waals surface area contributed by atoms with Crippen LogP contribution in [0.3, 0.4) is 0 Å². The van der Waals surface area contributed by atoms with Crippen molar-refractivity contribution >= 4 is 0 Å². The van der Waals surface area contributed by atoms with Crippen LogP contribution >= 0.6 is 0 Å². The highest BCUT2D eigenvalue weighted by molar-refractivity contribution is 5.23. The fourth-order valence-corrected chi connectivity index (χ4v) is 1.39. The van der Waals surface area contributed by atoms with Crippen LogP contribution < -0.4 is 0 Å². The van der Waals surface area contributed by atoms with Crippen molar-refractivity contribution in [2.24, 2.45) is 0 Å². The van der Waals surface area contributed by atoms with Gasteiger partial charge in [0.25, 0.3) is 0 Å². The summed E-state index contributed by atoms with van der Waals surface area (Å²) in [7, 11) is 1.39. The van der Waals surface area contributed by atoms with Gasteiger partial charge in [-0.15, -0.1) is 0 Å². The fraction of sp³-hybridized carbons (Fsp3) is 0.455. The SMILES string of the molecule is COCO[C@@H](c1c(F)cccc1F)[C@H](C)O. The van der Waals surface area contributed by atoms with E-state index in [2.05, 4.69) is 4.74 Å². The Morgan fingerprint density at radius 1 is 1.31 bits per heavy atom. The number of ether oxygens (including phenoxy) is 2. The van der Waals surface area contributed by atoms with Gasteiger partial charge in [-0.25, -0.2) is 8.78 Å². The van der Waals surface area contributed by atoms with E-state index in [-0.39, 0.29) is 12.4 Å². The highest BCUT2D eigenvalue weighted by atomic mass is 19.1. The Morgan fingerprint density at radius 2 is 1.88 bits per heavy atom. The highest BCUT2D eigenvalue weighted by Gasteiger charge is 2.25. The lowest BCUT2D eigenvalue weighted by molar-refractivity contribution is -0.112. The van der Waals surface area contributed by atoms with E-state index in [1.807, 2.05) is 0 Å². The molecule has 0 saturated carbocycles. The van der Waals surface area contributed by atoms with Gasteiger partial charge in [0.15, 0.2) is 0 Å². The number of hydrogen-bond donors (Lipinski definition) is 1. The molecule has 0 aliphatic heterocycles. The van der Waals surface area contributed by atoms with Crippen LogP contribution in [0.4, 0.5) is 8.78 Å². The predicted molar refractivity (Wildman–Crippen MR) is 53.7 cm³/mol. The third-order valence-corrected chi connectivity index (χ3v) is 2.09. The zero-order chi connectivity index (χ0) is 12.1. The molecule has 0 heterocycles. The van der Waals surface area contributed by atoms with Crippen LogP contribution in [-0.4, -0.2) is 25.1 Å². The minimum absolute atomic E-state index is 0.149. The summed E-state index contributed by atoms with van der Waals surface area (Å²) in [5, 5.41) is 9.43. The molecule has 1 rings (SSSR count). The largest absolute Gasteiger partial charge is 0.390 e. The summed E-state index contributed by atoms with van der Waals surface area (Å²) in [6.07, 6.45) is -2.12. The van der Waals surface area contributed by atoms with Gasteiger partial charge in [0.1, 0.15) is 24.5 Å². The van der Waals surface area contributed by atoms with Crippen molar-refractivity contribution < 1.29 is 23.4 Å². The van der Waals surface area contributed by atoms with Crippen LogP contribution in [0.2, 0.25) is 0 Å². The number of methoxy groups -OCH3 is 1. The molecule has 5 heteroatoms. The maximum absolute atomic E-state index is 13.4. The van der Waals surface area contributed by atoms with Crippen molar-refractivity contribution in [3.63, 3.8) is 0 Å². The standard InChI is InChI=1S/C11H14F2O3/c1-7(14)11(16-6-15-2)10-8(12)4-3-5-9(10)13/h3-5,7,11,14H,6H2,1-2H3/t7-,11+/m0/s1. The van der Waals surface area contributed by atoms with E-state index in [0.717, 1.165) is 12.1 Å². The van der Waals surface area contributed by atoms with Gasteiger partial charge in [-0.2, -0.15) is 0 Å². The topological polar surface area (TPSA) is 38.7 Å². The first-order valence-electron chi connectivity index (χ1n) is 4.80. The Morgan fingerprint density at radius 3 is 2.31 bits per heavy atom. The second-order valence-electron chi connectivity index (χ2n) is 3.37. The summed E-state index contributed by atoms with van der Waals surface area (Å²) >= 11 is 0. The number of aliphatic hydroxyl groups is 1. The minimum Gasteiger partial charge on any atom is -0.390 e. The molecule has 0 spiro atoms. The summed E-state index contributed by atoms with van der Waals surface area (Å²) in [4.78, 5) is 0. The summed E-state index contributed by atoms with van der Waals surface area (Å²) in [5.74, 6) is -1.50. The van der Waals surface area contributed by atoms with Gasteiger partial charge in [-0.3, -0.25) is 0 Å². The highest BCUT2D eigenvalue weighted by Crippen LogP contribution is 2.26. The number of rotatable bonds is 5. The molecule has 0 saturated heterocycles. The second-order valence-corrected chi connectivity index (χ2v) is 3.37. The Hall–Kier alpha value is -1.04. The maximum atomic E-state index is 13.4.